The maximum absolute atomic E-state index is 6.04. The van der Waals surface area contributed by atoms with E-state index in [1.165, 1.54) is 16.7 Å². The minimum Gasteiger partial charge on any atom is -0.489 e. The van der Waals surface area contributed by atoms with Gasteiger partial charge in [0.25, 0.3) is 0 Å². The molecule has 0 radical (unpaired) electrons. The third-order valence-electron chi connectivity index (χ3n) is 5.23. The van der Waals surface area contributed by atoms with Gasteiger partial charge in [-0.1, -0.05) is 93.6 Å². The molecule has 0 bridgehead atoms. The van der Waals surface area contributed by atoms with Crippen molar-refractivity contribution in [3.05, 3.63) is 114 Å². The van der Waals surface area contributed by atoms with Gasteiger partial charge in [0.1, 0.15) is 23.9 Å². The molecular formula is C29H28O2. The summed E-state index contributed by atoms with van der Waals surface area (Å²) < 4.78 is 12.0. The van der Waals surface area contributed by atoms with Crippen LogP contribution in [0.4, 0.5) is 0 Å². The lowest BCUT2D eigenvalue weighted by molar-refractivity contribution is 0.304. The Morgan fingerprint density at radius 3 is 1.90 bits per heavy atom. The fourth-order valence-electron chi connectivity index (χ4n) is 3.38. The van der Waals surface area contributed by atoms with Crippen molar-refractivity contribution in [2.24, 2.45) is 0 Å². The van der Waals surface area contributed by atoms with Crippen LogP contribution in [0.2, 0.25) is 0 Å². The highest BCUT2D eigenvalue weighted by atomic mass is 16.5. The average Bonchev–Trinajstić information content (AvgIpc) is 2.79. The first-order chi connectivity index (χ1) is 15.0. The fraction of sp³-hybridized carbons (Fsp3) is 0.172. The van der Waals surface area contributed by atoms with E-state index in [9.17, 15) is 0 Å². The first kappa shape index (κ1) is 20.7. The number of ether oxygens (including phenoxy) is 2. The minimum atomic E-state index is 0.157. The van der Waals surface area contributed by atoms with Crippen LogP contribution in [0.15, 0.2) is 103 Å². The molecule has 0 aliphatic rings. The summed E-state index contributed by atoms with van der Waals surface area (Å²) in [5.74, 6) is 2.35. The molecule has 0 amide bonds. The summed E-state index contributed by atoms with van der Waals surface area (Å²) in [4.78, 5) is 0. The van der Waals surface area contributed by atoms with Crippen molar-refractivity contribution in [3.63, 3.8) is 0 Å². The van der Waals surface area contributed by atoms with E-state index < -0.39 is 0 Å². The average molecular weight is 409 g/mol. The van der Waals surface area contributed by atoms with E-state index in [4.69, 9.17) is 9.47 Å². The van der Waals surface area contributed by atoms with E-state index in [1.807, 2.05) is 54.6 Å². The van der Waals surface area contributed by atoms with E-state index in [-0.39, 0.29) is 5.41 Å². The third-order valence-corrected chi connectivity index (χ3v) is 5.23. The molecule has 0 aliphatic carbocycles. The molecule has 4 rings (SSSR count). The molecule has 2 heteroatoms. The monoisotopic (exact) mass is 408 g/mol. The molecule has 0 saturated heterocycles. The second kappa shape index (κ2) is 9.09. The van der Waals surface area contributed by atoms with Crippen LogP contribution < -0.4 is 9.47 Å². The van der Waals surface area contributed by atoms with Gasteiger partial charge in [-0.15, -0.1) is 0 Å². The van der Waals surface area contributed by atoms with Crippen molar-refractivity contribution in [1.82, 2.24) is 0 Å². The Labute approximate surface area is 185 Å². The van der Waals surface area contributed by atoms with Crippen LogP contribution in [-0.4, -0.2) is 0 Å². The van der Waals surface area contributed by atoms with Gasteiger partial charge in [-0.25, -0.2) is 0 Å². The molecule has 31 heavy (non-hydrogen) atoms. The Kier molecular flexibility index (Phi) is 6.08. The molecule has 2 nitrogen and oxygen atoms in total. The highest BCUT2D eigenvalue weighted by Crippen LogP contribution is 2.28. The first-order valence-electron chi connectivity index (χ1n) is 10.6. The van der Waals surface area contributed by atoms with Crippen molar-refractivity contribution in [3.8, 4) is 28.4 Å². The topological polar surface area (TPSA) is 18.5 Å². The number of hydrogen-bond acceptors (Lipinski definition) is 2. The van der Waals surface area contributed by atoms with Crippen molar-refractivity contribution < 1.29 is 9.47 Å². The minimum absolute atomic E-state index is 0.157. The zero-order valence-corrected chi connectivity index (χ0v) is 18.3. The Morgan fingerprint density at radius 2 is 1.23 bits per heavy atom. The van der Waals surface area contributed by atoms with Gasteiger partial charge in [0, 0.05) is 6.07 Å². The molecule has 0 spiro atoms. The normalized spacial score (nSPS) is 11.2. The van der Waals surface area contributed by atoms with Crippen LogP contribution in [0, 0.1) is 0 Å². The Morgan fingerprint density at radius 1 is 0.581 bits per heavy atom. The summed E-state index contributed by atoms with van der Waals surface area (Å²) in [6.45, 7) is 7.19. The zero-order chi connectivity index (χ0) is 21.7. The van der Waals surface area contributed by atoms with Crippen LogP contribution in [0.1, 0.15) is 31.9 Å². The lowest BCUT2D eigenvalue weighted by Crippen LogP contribution is -2.10. The Hall–Kier alpha value is -3.52. The summed E-state index contributed by atoms with van der Waals surface area (Å²) in [7, 11) is 0. The molecule has 0 unspecified atom stereocenters. The fourth-order valence-corrected chi connectivity index (χ4v) is 3.38. The Bertz CT molecular complexity index is 1110. The summed E-state index contributed by atoms with van der Waals surface area (Å²) >= 11 is 0. The second-order valence-corrected chi connectivity index (χ2v) is 8.70. The maximum Gasteiger partial charge on any atom is 0.131 e. The molecule has 0 atom stereocenters. The molecule has 0 aromatic heterocycles. The number of rotatable bonds is 6. The molecule has 4 aromatic rings. The van der Waals surface area contributed by atoms with Gasteiger partial charge < -0.3 is 9.47 Å². The van der Waals surface area contributed by atoms with Crippen molar-refractivity contribution in [1.29, 1.82) is 0 Å². The van der Waals surface area contributed by atoms with Crippen LogP contribution >= 0.6 is 0 Å². The largest absolute Gasteiger partial charge is 0.489 e. The van der Waals surface area contributed by atoms with Crippen molar-refractivity contribution in [2.45, 2.75) is 32.8 Å². The van der Waals surface area contributed by atoms with E-state index >= 15 is 0 Å². The van der Waals surface area contributed by atoms with Gasteiger partial charge in [0.2, 0.25) is 0 Å². The summed E-state index contributed by atoms with van der Waals surface area (Å²) in [5, 5.41) is 0. The molecule has 4 aromatic carbocycles. The van der Waals surface area contributed by atoms with Gasteiger partial charge in [-0.3, -0.25) is 0 Å². The first-order valence-corrected chi connectivity index (χ1v) is 10.6. The number of hydrogen-bond donors (Lipinski definition) is 0. The SMILES string of the molecule is CC(C)(C)c1ccc(COc2cccc(Oc3ccc(-c4ccccc4)cc3)c2)cc1. The highest BCUT2D eigenvalue weighted by Gasteiger charge is 2.12. The molecule has 0 N–H and O–H groups in total. The molecule has 0 saturated carbocycles. The second-order valence-electron chi connectivity index (χ2n) is 8.70. The predicted molar refractivity (Wildman–Crippen MR) is 128 cm³/mol. The summed E-state index contributed by atoms with van der Waals surface area (Å²) in [6, 6.07) is 34.9. The molecule has 0 fully saturated rings. The quantitative estimate of drug-likeness (QED) is 0.321. The lowest BCUT2D eigenvalue weighted by Gasteiger charge is -2.19. The van der Waals surface area contributed by atoms with Crippen LogP contribution in [0.5, 0.6) is 17.2 Å². The van der Waals surface area contributed by atoms with E-state index in [1.54, 1.807) is 0 Å². The van der Waals surface area contributed by atoms with Crippen molar-refractivity contribution >= 4 is 0 Å². The van der Waals surface area contributed by atoms with Gasteiger partial charge >= 0.3 is 0 Å². The molecule has 0 heterocycles. The summed E-state index contributed by atoms with van der Waals surface area (Å²) in [6.07, 6.45) is 0. The molecule has 156 valence electrons. The standard InChI is InChI=1S/C29H28O2/c1-29(2,3)25-16-12-22(13-17-25)21-30-27-10-7-11-28(20-27)31-26-18-14-24(15-19-26)23-8-5-4-6-9-23/h4-20H,21H2,1-3H3. The van der Waals surface area contributed by atoms with E-state index in [0.29, 0.717) is 6.61 Å². The predicted octanol–water partition coefficient (Wildman–Crippen LogP) is 8.02. The van der Waals surface area contributed by atoms with E-state index in [2.05, 4.69) is 69.3 Å². The number of benzene rings is 4. The van der Waals surface area contributed by atoms with Crippen molar-refractivity contribution in [2.75, 3.05) is 0 Å². The Balaban J connectivity index is 1.38. The van der Waals surface area contributed by atoms with Crippen LogP contribution in [-0.2, 0) is 12.0 Å². The van der Waals surface area contributed by atoms with Gasteiger partial charge in [0.15, 0.2) is 0 Å². The lowest BCUT2D eigenvalue weighted by atomic mass is 9.87. The molecule has 0 aliphatic heterocycles. The van der Waals surface area contributed by atoms with Gasteiger partial charge in [-0.05, 0) is 51.9 Å². The highest BCUT2D eigenvalue weighted by molar-refractivity contribution is 5.64. The smallest absolute Gasteiger partial charge is 0.131 e. The van der Waals surface area contributed by atoms with Crippen LogP contribution in [0.25, 0.3) is 11.1 Å². The molecular weight excluding hydrogens is 380 g/mol. The summed E-state index contributed by atoms with van der Waals surface area (Å²) in [5.41, 5.74) is 4.99. The van der Waals surface area contributed by atoms with E-state index in [0.717, 1.165) is 22.8 Å². The van der Waals surface area contributed by atoms with Crippen LogP contribution in [0.3, 0.4) is 0 Å². The maximum atomic E-state index is 6.04. The van der Waals surface area contributed by atoms with Gasteiger partial charge in [-0.2, -0.15) is 0 Å². The zero-order valence-electron chi connectivity index (χ0n) is 18.3. The third kappa shape index (κ3) is 5.55. The van der Waals surface area contributed by atoms with Gasteiger partial charge in [0.05, 0.1) is 0 Å².